The van der Waals surface area contributed by atoms with Crippen LogP contribution in [0.15, 0.2) is 22.9 Å². The number of aromatic nitrogens is 1. The average Bonchev–Trinajstić information content (AvgIpc) is 2.40. The monoisotopic (exact) mass is 354 g/mol. The number of piperidine rings is 1. The van der Waals surface area contributed by atoms with Gasteiger partial charge in [-0.25, -0.2) is 0 Å². The van der Waals surface area contributed by atoms with Crippen molar-refractivity contribution in [2.24, 2.45) is 11.8 Å². The molecule has 0 radical (unpaired) electrons. The number of carbonyl (C=O) groups is 2. The standard InChI is InChI=1S/C15H19BrN2O3/c1-9(2)8-18-13(19)4-3-12(15(20)21)14(18)10-5-11(16)7-17-6-10/h5-7,9,12,14H,3-4,8H2,1-2H3,(H,20,21). The number of hydrogen-bond donors (Lipinski definition) is 1. The van der Waals surface area contributed by atoms with Crippen LogP contribution < -0.4 is 0 Å². The number of pyridine rings is 1. The maximum Gasteiger partial charge on any atom is 0.308 e. The van der Waals surface area contributed by atoms with E-state index in [1.54, 1.807) is 17.3 Å². The van der Waals surface area contributed by atoms with E-state index in [0.29, 0.717) is 19.4 Å². The van der Waals surface area contributed by atoms with Gasteiger partial charge in [-0.2, -0.15) is 0 Å². The van der Waals surface area contributed by atoms with E-state index < -0.39 is 17.9 Å². The Morgan fingerprint density at radius 3 is 2.81 bits per heavy atom. The van der Waals surface area contributed by atoms with Gasteiger partial charge in [0.05, 0.1) is 12.0 Å². The number of carboxylic acid groups (broad SMARTS) is 1. The summed E-state index contributed by atoms with van der Waals surface area (Å²) in [5.41, 5.74) is 0.769. The lowest BCUT2D eigenvalue weighted by molar-refractivity contribution is -0.152. The van der Waals surface area contributed by atoms with Gasteiger partial charge in [0.1, 0.15) is 0 Å². The summed E-state index contributed by atoms with van der Waals surface area (Å²) in [5.74, 6) is -1.14. The summed E-state index contributed by atoms with van der Waals surface area (Å²) in [4.78, 5) is 29.7. The second-order valence-corrected chi connectivity index (χ2v) is 6.72. The van der Waals surface area contributed by atoms with Crippen molar-refractivity contribution in [1.82, 2.24) is 9.88 Å². The van der Waals surface area contributed by atoms with Crippen LogP contribution in [0.25, 0.3) is 0 Å². The molecule has 2 unspecified atom stereocenters. The Morgan fingerprint density at radius 1 is 1.52 bits per heavy atom. The van der Waals surface area contributed by atoms with Crippen molar-refractivity contribution in [2.45, 2.75) is 32.7 Å². The molecule has 0 aliphatic carbocycles. The number of likely N-dealkylation sites (tertiary alicyclic amines) is 1. The number of aliphatic carboxylic acids is 1. The number of amides is 1. The van der Waals surface area contributed by atoms with Crippen LogP contribution in [0.5, 0.6) is 0 Å². The van der Waals surface area contributed by atoms with Gasteiger partial charge in [-0.3, -0.25) is 14.6 Å². The normalized spacial score (nSPS) is 22.7. The summed E-state index contributed by atoms with van der Waals surface area (Å²) in [7, 11) is 0. The molecule has 114 valence electrons. The molecule has 0 bridgehead atoms. The molecule has 0 aromatic carbocycles. The Bertz CT molecular complexity index is 547. The van der Waals surface area contributed by atoms with Crippen molar-refractivity contribution in [3.8, 4) is 0 Å². The Morgan fingerprint density at radius 2 is 2.24 bits per heavy atom. The molecule has 1 N–H and O–H groups in total. The second kappa shape index (κ2) is 6.56. The van der Waals surface area contributed by atoms with Gasteiger partial charge in [0.15, 0.2) is 0 Å². The number of nitrogens with zero attached hydrogens (tertiary/aromatic N) is 2. The van der Waals surface area contributed by atoms with Crippen molar-refractivity contribution in [1.29, 1.82) is 0 Å². The molecule has 1 amide bonds. The van der Waals surface area contributed by atoms with Crippen molar-refractivity contribution in [3.63, 3.8) is 0 Å². The molecule has 0 spiro atoms. The van der Waals surface area contributed by atoms with Crippen LogP contribution in [-0.4, -0.2) is 33.4 Å². The highest BCUT2D eigenvalue weighted by Gasteiger charge is 2.40. The zero-order valence-corrected chi connectivity index (χ0v) is 13.7. The molecule has 2 atom stereocenters. The smallest absolute Gasteiger partial charge is 0.308 e. The third kappa shape index (κ3) is 3.61. The molecule has 6 heteroatoms. The van der Waals surface area contributed by atoms with Crippen LogP contribution in [0.2, 0.25) is 0 Å². The van der Waals surface area contributed by atoms with Gasteiger partial charge in [0.2, 0.25) is 5.91 Å². The van der Waals surface area contributed by atoms with Gasteiger partial charge in [0, 0.05) is 29.8 Å². The highest BCUT2D eigenvalue weighted by atomic mass is 79.9. The van der Waals surface area contributed by atoms with E-state index in [9.17, 15) is 14.7 Å². The largest absolute Gasteiger partial charge is 0.481 e. The molecule has 21 heavy (non-hydrogen) atoms. The minimum absolute atomic E-state index is 0.0196. The second-order valence-electron chi connectivity index (χ2n) is 5.80. The van der Waals surface area contributed by atoms with E-state index in [1.807, 2.05) is 19.9 Å². The summed E-state index contributed by atoms with van der Waals surface area (Å²) < 4.78 is 0.784. The molecule has 5 nitrogen and oxygen atoms in total. The van der Waals surface area contributed by atoms with Crippen LogP contribution in [0.3, 0.4) is 0 Å². The molecule has 1 aromatic rings. The third-order valence-electron chi connectivity index (χ3n) is 3.65. The lowest BCUT2D eigenvalue weighted by atomic mass is 9.84. The van der Waals surface area contributed by atoms with Crippen molar-refractivity contribution in [3.05, 3.63) is 28.5 Å². The quantitative estimate of drug-likeness (QED) is 0.902. The first kappa shape index (κ1) is 15.9. The summed E-state index contributed by atoms with van der Waals surface area (Å²) in [6.45, 7) is 4.60. The molecule has 1 aliphatic rings. The van der Waals surface area contributed by atoms with E-state index in [-0.39, 0.29) is 11.8 Å². The number of carboxylic acids is 1. The van der Waals surface area contributed by atoms with Gasteiger partial charge in [0.25, 0.3) is 0 Å². The summed E-state index contributed by atoms with van der Waals surface area (Å²) in [6.07, 6.45) is 3.97. The zero-order chi connectivity index (χ0) is 15.6. The highest BCUT2D eigenvalue weighted by Crippen LogP contribution is 2.37. The summed E-state index contributed by atoms with van der Waals surface area (Å²) in [5, 5.41) is 9.51. The molecular formula is C15H19BrN2O3. The van der Waals surface area contributed by atoms with Crippen molar-refractivity contribution in [2.75, 3.05) is 6.54 Å². The van der Waals surface area contributed by atoms with E-state index in [1.165, 1.54) is 0 Å². The fraction of sp³-hybridized carbons (Fsp3) is 0.533. The number of hydrogen-bond acceptors (Lipinski definition) is 3. The Labute approximate surface area is 132 Å². The first-order valence-corrected chi connectivity index (χ1v) is 7.82. The number of rotatable bonds is 4. The van der Waals surface area contributed by atoms with E-state index in [4.69, 9.17) is 0 Å². The Kier molecular flexibility index (Phi) is 4.98. The fourth-order valence-electron chi connectivity index (χ4n) is 2.82. The van der Waals surface area contributed by atoms with E-state index in [0.717, 1.165) is 10.0 Å². The van der Waals surface area contributed by atoms with Crippen LogP contribution in [0, 0.1) is 11.8 Å². The van der Waals surface area contributed by atoms with Crippen LogP contribution >= 0.6 is 15.9 Å². The average molecular weight is 355 g/mol. The Balaban J connectivity index is 2.43. The number of halogens is 1. The minimum atomic E-state index is -0.860. The SMILES string of the molecule is CC(C)CN1C(=O)CCC(C(=O)O)C1c1cncc(Br)c1. The van der Waals surface area contributed by atoms with E-state index >= 15 is 0 Å². The topological polar surface area (TPSA) is 70.5 Å². The molecular weight excluding hydrogens is 336 g/mol. The first-order chi connectivity index (χ1) is 9.90. The molecule has 1 aromatic heterocycles. The predicted octanol–water partition coefficient (Wildman–Crippen LogP) is 2.86. The molecule has 2 rings (SSSR count). The zero-order valence-electron chi connectivity index (χ0n) is 12.1. The molecule has 1 aliphatic heterocycles. The van der Waals surface area contributed by atoms with Crippen LogP contribution in [-0.2, 0) is 9.59 Å². The van der Waals surface area contributed by atoms with Gasteiger partial charge in [-0.1, -0.05) is 13.8 Å². The van der Waals surface area contributed by atoms with Crippen molar-refractivity contribution < 1.29 is 14.7 Å². The minimum Gasteiger partial charge on any atom is -0.481 e. The maximum absolute atomic E-state index is 12.3. The van der Waals surface area contributed by atoms with Gasteiger partial charge in [-0.05, 0) is 39.9 Å². The summed E-state index contributed by atoms with van der Waals surface area (Å²) >= 11 is 3.36. The lowest BCUT2D eigenvalue weighted by Crippen LogP contribution is -2.46. The van der Waals surface area contributed by atoms with Crippen LogP contribution in [0.4, 0.5) is 0 Å². The van der Waals surface area contributed by atoms with Crippen molar-refractivity contribution >= 4 is 27.8 Å². The maximum atomic E-state index is 12.3. The van der Waals surface area contributed by atoms with Gasteiger partial charge < -0.3 is 10.0 Å². The number of carbonyl (C=O) groups excluding carboxylic acids is 1. The van der Waals surface area contributed by atoms with Gasteiger partial charge in [-0.15, -0.1) is 0 Å². The molecule has 1 saturated heterocycles. The molecule has 0 saturated carbocycles. The molecule has 2 heterocycles. The predicted molar refractivity (Wildman–Crippen MR) is 81.6 cm³/mol. The third-order valence-corrected chi connectivity index (χ3v) is 4.09. The molecule has 1 fully saturated rings. The fourth-order valence-corrected chi connectivity index (χ4v) is 3.20. The Hall–Kier alpha value is -1.43. The van der Waals surface area contributed by atoms with E-state index in [2.05, 4.69) is 20.9 Å². The lowest BCUT2D eigenvalue weighted by Gasteiger charge is -2.40. The highest BCUT2D eigenvalue weighted by molar-refractivity contribution is 9.10. The van der Waals surface area contributed by atoms with Gasteiger partial charge >= 0.3 is 5.97 Å². The van der Waals surface area contributed by atoms with Crippen LogP contribution in [0.1, 0.15) is 38.3 Å². The summed E-state index contributed by atoms with van der Waals surface area (Å²) in [6, 6.07) is 1.40. The first-order valence-electron chi connectivity index (χ1n) is 7.03.